The maximum absolute atomic E-state index is 13.7. The average molecular weight is 305 g/mol. The van der Waals surface area contributed by atoms with Crippen LogP contribution in [0.15, 0.2) is 23.1 Å². The summed E-state index contributed by atoms with van der Waals surface area (Å²) in [4.78, 5) is 10.1. The summed E-state index contributed by atoms with van der Waals surface area (Å²) in [6, 6.07) is 2.07. The van der Waals surface area contributed by atoms with Gasteiger partial charge in [-0.15, -0.1) is 0 Å². The fourth-order valence-corrected chi connectivity index (χ4v) is 3.43. The number of aliphatic hydroxyl groups excluding tert-OH is 1. The molecule has 0 spiro atoms. The van der Waals surface area contributed by atoms with E-state index in [1.165, 1.54) is 0 Å². The van der Waals surface area contributed by atoms with E-state index in [4.69, 9.17) is 10.2 Å². The molecule has 0 heterocycles. The van der Waals surface area contributed by atoms with Crippen molar-refractivity contribution in [2.75, 3.05) is 13.2 Å². The standard InChI is InChI=1S/C12H16FNO5S/c1-8(2)14(5-6-15)20(18,19)11-7-9(12(16)17)3-4-10(11)13/h3-4,7-8,15H,5-6H2,1-2H3,(H,16,17). The molecule has 0 aliphatic carbocycles. The number of benzene rings is 1. The number of rotatable bonds is 6. The molecule has 2 N–H and O–H groups in total. The molecule has 0 atom stereocenters. The van der Waals surface area contributed by atoms with Crippen molar-refractivity contribution in [1.82, 2.24) is 4.31 Å². The van der Waals surface area contributed by atoms with Crippen LogP contribution in [0.25, 0.3) is 0 Å². The zero-order valence-electron chi connectivity index (χ0n) is 11.1. The van der Waals surface area contributed by atoms with Gasteiger partial charge in [0.25, 0.3) is 0 Å². The summed E-state index contributed by atoms with van der Waals surface area (Å²) in [5.74, 6) is -2.38. The van der Waals surface area contributed by atoms with E-state index < -0.39 is 39.4 Å². The first-order valence-electron chi connectivity index (χ1n) is 5.87. The summed E-state index contributed by atoms with van der Waals surface area (Å²) < 4.78 is 39.3. The van der Waals surface area contributed by atoms with Gasteiger partial charge in [0, 0.05) is 12.6 Å². The van der Waals surface area contributed by atoms with Crippen LogP contribution < -0.4 is 0 Å². The molecule has 0 unspecified atom stereocenters. The number of nitrogens with zero attached hydrogens (tertiary/aromatic N) is 1. The number of carbonyl (C=O) groups is 1. The molecule has 0 aliphatic rings. The van der Waals surface area contributed by atoms with Crippen LogP contribution in [0, 0.1) is 5.82 Å². The number of hydrogen-bond donors (Lipinski definition) is 2. The Kier molecular flexibility index (Phi) is 5.21. The molecule has 8 heteroatoms. The van der Waals surface area contributed by atoms with Crippen molar-refractivity contribution < 1.29 is 27.8 Å². The predicted octanol–water partition coefficient (Wildman–Crippen LogP) is 0.915. The summed E-state index contributed by atoms with van der Waals surface area (Å²) >= 11 is 0. The monoisotopic (exact) mass is 305 g/mol. The van der Waals surface area contributed by atoms with Crippen LogP contribution in [0.4, 0.5) is 4.39 Å². The van der Waals surface area contributed by atoms with E-state index in [1.54, 1.807) is 13.8 Å². The van der Waals surface area contributed by atoms with Crippen LogP contribution in [0.1, 0.15) is 24.2 Å². The summed E-state index contributed by atoms with van der Waals surface area (Å²) in [6.07, 6.45) is 0. The minimum Gasteiger partial charge on any atom is -0.478 e. The Morgan fingerprint density at radius 1 is 1.40 bits per heavy atom. The molecule has 0 bridgehead atoms. The van der Waals surface area contributed by atoms with Crippen LogP contribution in [-0.4, -0.2) is 48.1 Å². The fraction of sp³-hybridized carbons (Fsp3) is 0.417. The number of carboxylic acid groups (broad SMARTS) is 1. The number of aromatic carboxylic acids is 1. The van der Waals surface area contributed by atoms with Gasteiger partial charge in [-0.05, 0) is 32.0 Å². The van der Waals surface area contributed by atoms with E-state index in [9.17, 15) is 17.6 Å². The van der Waals surface area contributed by atoms with Gasteiger partial charge in [0.05, 0.1) is 12.2 Å². The second-order valence-electron chi connectivity index (χ2n) is 4.38. The van der Waals surface area contributed by atoms with Crippen molar-refractivity contribution >= 4 is 16.0 Å². The fourth-order valence-electron chi connectivity index (χ4n) is 1.71. The first kappa shape index (κ1) is 16.5. The Morgan fingerprint density at radius 3 is 2.45 bits per heavy atom. The lowest BCUT2D eigenvalue weighted by molar-refractivity contribution is 0.0696. The number of halogens is 1. The van der Waals surface area contributed by atoms with Crippen molar-refractivity contribution in [3.63, 3.8) is 0 Å². The molecule has 6 nitrogen and oxygen atoms in total. The van der Waals surface area contributed by atoms with Crippen LogP contribution in [-0.2, 0) is 10.0 Å². The molecule has 0 saturated carbocycles. The molecular formula is C12H16FNO5S. The van der Waals surface area contributed by atoms with E-state index in [0.717, 1.165) is 22.5 Å². The highest BCUT2D eigenvalue weighted by Crippen LogP contribution is 2.22. The highest BCUT2D eigenvalue weighted by molar-refractivity contribution is 7.89. The first-order chi connectivity index (χ1) is 9.21. The van der Waals surface area contributed by atoms with E-state index in [0.29, 0.717) is 0 Å². The second kappa shape index (κ2) is 6.29. The maximum Gasteiger partial charge on any atom is 0.335 e. The third-order valence-corrected chi connectivity index (χ3v) is 4.75. The molecule has 1 aromatic rings. The van der Waals surface area contributed by atoms with Gasteiger partial charge in [0.1, 0.15) is 10.7 Å². The second-order valence-corrected chi connectivity index (χ2v) is 6.24. The molecule has 0 amide bonds. The zero-order chi connectivity index (χ0) is 15.5. The maximum atomic E-state index is 13.7. The topological polar surface area (TPSA) is 94.9 Å². The van der Waals surface area contributed by atoms with Gasteiger partial charge in [-0.1, -0.05) is 0 Å². The summed E-state index contributed by atoms with van der Waals surface area (Å²) in [7, 11) is -4.21. The summed E-state index contributed by atoms with van der Waals surface area (Å²) in [5, 5.41) is 17.8. The number of aliphatic hydroxyl groups is 1. The first-order valence-corrected chi connectivity index (χ1v) is 7.31. The lowest BCUT2D eigenvalue weighted by atomic mass is 10.2. The Labute approximate surface area is 116 Å². The molecule has 0 saturated heterocycles. The molecule has 0 aromatic heterocycles. The zero-order valence-corrected chi connectivity index (χ0v) is 11.9. The molecule has 1 rings (SSSR count). The highest BCUT2D eigenvalue weighted by atomic mass is 32.2. The van der Waals surface area contributed by atoms with Crippen LogP contribution in [0.5, 0.6) is 0 Å². The highest BCUT2D eigenvalue weighted by Gasteiger charge is 2.30. The SMILES string of the molecule is CC(C)N(CCO)S(=O)(=O)c1cc(C(=O)O)ccc1F. The number of sulfonamides is 1. The molecular weight excluding hydrogens is 289 g/mol. The molecule has 1 aromatic carbocycles. The lowest BCUT2D eigenvalue weighted by Gasteiger charge is -2.25. The molecule has 112 valence electrons. The average Bonchev–Trinajstić information content (AvgIpc) is 2.35. The molecule has 0 radical (unpaired) electrons. The van der Waals surface area contributed by atoms with Gasteiger partial charge in [-0.25, -0.2) is 17.6 Å². The molecule has 0 aliphatic heterocycles. The van der Waals surface area contributed by atoms with Crippen LogP contribution in [0.2, 0.25) is 0 Å². The third kappa shape index (κ3) is 3.33. The Hall–Kier alpha value is -1.51. The van der Waals surface area contributed by atoms with Crippen molar-refractivity contribution in [1.29, 1.82) is 0 Å². The quantitative estimate of drug-likeness (QED) is 0.815. The van der Waals surface area contributed by atoms with E-state index in [-0.39, 0.29) is 12.1 Å². The van der Waals surface area contributed by atoms with Crippen molar-refractivity contribution in [2.45, 2.75) is 24.8 Å². The van der Waals surface area contributed by atoms with E-state index in [1.807, 2.05) is 0 Å². The normalized spacial score (nSPS) is 12.1. The van der Waals surface area contributed by atoms with Gasteiger partial charge < -0.3 is 10.2 Å². The minimum absolute atomic E-state index is 0.198. The molecule has 20 heavy (non-hydrogen) atoms. The van der Waals surface area contributed by atoms with Crippen LogP contribution >= 0.6 is 0 Å². The van der Waals surface area contributed by atoms with Crippen molar-refractivity contribution in [3.8, 4) is 0 Å². The van der Waals surface area contributed by atoms with Crippen molar-refractivity contribution in [2.24, 2.45) is 0 Å². The van der Waals surface area contributed by atoms with E-state index >= 15 is 0 Å². The Morgan fingerprint density at radius 2 is 2.00 bits per heavy atom. The Bertz CT molecular complexity index is 600. The lowest BCUT2D eigenvalue weighted by Crippen LogP contribution is -2.39. The van der Waals surface area contributed by atoms with E-state index in [2.05, 4.69) is 0 Å². The van der Waals surface area contributed by atoms with Gasteiger partial charge in [0.2, 0.25) is 10.0 Å². The smallest absolute Gasteiger partial charge is 0.335 e. The molecule has 0 fully saturated rings. The minimum atomic E-state index is -4.21. The Balaban J connectivity index is 3.40. The van der Waals surface area contributed by atoms with Crippen molar-refractivity contribution in [3.05, 3.63) is 29.6 Å². The van der Waals surface area contributed by atoms with Gasteiger partial charge in [-0.2, -0.15) is 4.31 Å². The summed E-state index contributed by atoms with van der Waals surface area (Å²) in [5.41, 5.74) is -0.322. The van der Waals surface area contributed by atoms with Gasteiger partial charge in [0.15, 0.2) is 0 Å². The third-order valence-electron chi connectivity index (χ3n) is 2.66. The predicted molar refractivity (Wildman–Crippen MR) is 69.5 cm³/mol. The number of carboxylic acids is 1. The summed E-state index contributed by atoms with van der Waals surface area (Å²) in [6.45, 7) is 2.53. The largest absolute Gasteiger partial charge is 0.478 e. The van der Waals surface area contributed by atoms with Gasteiger partial charge in [-0.3, -0.25) is 0 Å². The van der Waals surface area contributed by atoms with Crippen LogP contribution in [0.3, 0.4) is 0 Å². The van der Waals surface area contributed by atoms with Gasteiger partial charge >= 0.3 is 5.97 Å². The number of hydrogen-bond acceptors (Lipinski definition) is 4.